The van der Waals surface area contributed by atoms with Crippen LogP contribution in [0, 0.1) is 23.1 Å². The molecule has 1 saturated carbocycles. The summed E-state index contributed by atoms with van der Waals surface area (Å²) in [5, 5.41) is 9.03. The number of fused-ring (bicyclic) bond motifs is 2. The van der Waals surface area contributed by atoms with E-state index in [1.165, 1.54) is 13.2 Å². The van der Waals surface area contributed by atoms with Crippen LogP contribution in [0.15, 0.2) is 36.5 Å². The predicted molar refractivity (Wildman–Crippen MR) is 119 cm³/mol. The van der Waals surface area contributed by atoms with Crippen molar-refractivity contribution in [3.63, 3.8) is 0 Å². The molecule has 3 heterocycles. The van der Waals surface area contributed by atoms with Crippen LogP contribution < -0.4 is 9.64 Å². The quantitative estimate of drug-likeness (QED) is 0.673. The highest BCUT2D eigenvalue weighted by atomic mass is 19.1. The van der Waals surface area contributed by atoms with Gasteiger partial charge >= 0.3 is 0 Å². The van der Waals surface area contributed by atoms with Gasteiger partial charge < -0.3 is 19.3 Å². The Morgan fingerprint density at radius 3 is 2.73 bits per heavy atom. The highest BCUT2D eigenvalue weighted by molar-refractivity contribution is 5.78. The number of hydrogen-bond donors (Lipinski definition) is 0. The van der Waals surface area contributed by atoms with Gasteiger partial charge in [0.1, 0.15) is 18.5 Å². The van der Waals surface area contributed by atoms with Crippen LogP contribution in [-0.2, 0) is 15.1 Å². The molecule has 0 N–H and O–H groups in total. The fraction of sp³-hybridized carbons (Fsp3) is 0.480. The van der Waals surface area contributed by atoms with Gasteiger partial charge in [-0.1, -0.05) is 13.0 Å². The maximum atomic E-state index is 14.2. The number of pyridine rings is 1. The number of nitrogens with zero attached hydrogens (tertiary/aromatic N) is 4. The number of aromatic nitrogens is 1. The molecule has 7 nitrogen and oxygen atoms in total. The van der Waals surface area contributed by atoms with E-state index >= 15 is 0 Å². The lowest BCUT2D eigenvalue weighted by molar-refractivity contribution is -0.140. The zero-order valence-electron chi connectivity index (χ0n) is 18.8. The number of halogens is 1. The van der Waals surface area contributed by atoms with Crippen LogP contribution in [0.2, 0.25) is 0 Å². The fourth-order valence-corrected chi connectivity index (χ4v) is 5.27. The van der Waals surface area contributed by atoms with Crippen molar-refractivity contribution in [1.29, 1.82) is 5.26 Å². The van der Waals surface area contributed by atoms with Crippen LogP contribution in [0.3, 0.4) is 0 Å². The van der Waals surface area contributed by atoms with Gasteiger partial charge in [-0.05, 0) is 55.0 Å². The van der Waals surface area contributed by atoms with E-state index in [4.69, 9.17) is 14.7 Å². The number of carbonyl (C=O) groups excluding carboxylic acids is 1. The molecule has 5 rings (SSSR count). The molecule has 1 aromatic heterocycles. The minimum absolute atomic E-state index is 0.0173. The molecule has 172 valence electrons. The first-order chi connectivity index (χ1) is 15.9. The largest absolute Gasteiger partial charge is 0.494 e. The summed E-state index contributed by atoms with van der Waals surface area (Å²) in [5.74, 6) is 1.03. The Kier molecular flexibility index (Phi) is 5.45. The van der Waals surface area contributed by atoms with Crippen LogP contribution in [0.4, 0.5) is 10.2 Å². The van der Waals surface area contributed by atoms with E-state index in [1.807, 2.05) is 17.0 Å². The zero-order valence-corrected chi connectivity index (χ0v) is 18.8. The van der Waals surface area contributed by atoms with Crippen molar-refractivity contribution < 1.29 is 18.7 Å². The lowest BCUT2D eigenvalue weighted by atomic mass is 10.0. The highest BCUT2D eigenvalue weighted by Crippen LogP contribution is 2.50. The maximum absolute atomic E-state index is 14.2. The number of ether oxygens (including phenoxy) is 2. The number of piperazine rings is 1. The van der Waals surface area contributed by atoms with Gasteiger partial charge in [0.15, 0.2) is 11.6 Å². The second kappa shape index (κ2) is 8.31. The summed E-state index contributed by atoms with van der Waals surface area (Å²) < 4.78 is 25.2. The second-order valence-electron chi connectivity index (χ2n) is 9.29. The number of nitriles is 1. The van der Waals surface area contributed by atoms with Crippen molar-refractivity contribution in [2.75, 3.05) is 31.7 Å². The zero-order chi connectivity index (χ0) is 23.2. The van der Waals surface area contributed by atoms with E-state index in [-0.39, 0.29) is 30.3 Å². The molecule has 33 heavy (non-hydrogen) atoms. The molecule has 0 radical (unpaired) electrons. The van der Waals surface area contributed by atoms with Gasteiger partial charge in [0.25, 0.3) is 0 Å². The third-order valence-corrected chi connectivity index (χ3v) is 7.24. The minimum atomic E-state index is -0.580. The van der Waals surface area contributed by atoms with Crippen molar-refractivity contribution >= 4 is 11.7 Å². The topological polar surface area (TPSA) is 78.7 Å². The van der Waals surface area contributed by atoms with Gasteiger partial charge in [0, 0.05) is 25.3 Å². The number of amides is 1. The molecule has 8 heteroatoms. The number of likely N-dealkylation sites (tertiary alicyclic amines) is 1. The molecule has 1 aromatic carbocycles. The van der Waals surface area contributed by atoms with Gasteiger partial charge in [-0.3, -0.25) is 4.79 Å². The third-order valence-electron chi connectivity index (χ3n) is 7.24. The normalized spacial score (nSPS) is 25.0. The standard InChI is InChI=1S/C25H27FN4O3/c1-16-9-19-13-29(14-21(16)30(19)23-6-3-17(11-27)12-28-23)24(31)15-33-25(7-8-25)18-4-5-22(32-2)20(26)10-18/h3-6,10,12,16,19,21H,7-9,13-15H2,1-2H3/t16-,19?,21?/m0/s1. The van der Waals surface area contributed by atoms with E-state index in [1.54, 1.807) is 18.3 Å². The van der Waals surface area contributed by atoms with E-state index in [9.17, 15) is 9.18 Å². The molecule has 2 bridgehead atoms. The van der Waals surface area contributed by atoms with Gasteiger partial charge in [0.2, 0.25) is 5.91 Å². The molecular formula is C25H27FN4O3. The first-order valence-corrected chi connectivity index (χ1v) is 11.3. The molecule has 3 aliphatic rings. The van der Waals surface area contributed by atoms with Gasteiger partial charge in [-0.15, -0.1) is 0 Å². The highest BCUT2D eigenvalue weighted by Gasteiger charge is 2.48. The minimum Gasteiger partial charge on any atom is -0.494 e. The van der Waals surface area contributed by atoms with Crippen LogP contribution in [-0.4, -0.2) is 54.7 Å². The Morgan fingerprint density at radius 1 is 1.30 bits per heavy atom. The van der Waals surface area contributed by atoms with Crippen LogP contribution in [0.1, 0.15) is 37.3 Å². The SMILES string of the molecule is COc1ccc(C2(OCC(=O)N3CC4C[C@H](C)C(C3)N4c3ccc(C#N)cn3)CC2)cc1F. The molecule has 3 fully saturated rings. The predicted octanol–water partition coefficient (Wildman–Crippen LogP) is 3.23. The summed E-state index contributed by atoms with van der Waals surface area (Å²) in [7, 11) is 1.44. The fourth-order valence-electron chi connectivity index (χ4n) is 5.27. The number of rotatable bonds is 6. The summed E-state index contributed by atoms with van der Waals surface area (Å²) >= 11 is 0. The molecule has 3 atom stereocenters. The summed E-state index contributed by atoms with van der Waals surface area (Å²) in [6.07, 6.45) is 4.13. The Labute approximate surface area is 192 Å². The van der Waals surface area contributed by atoms with Gasteiger partial charge in [-0.2, -0.15) is 5.26 Å². The number of hydrogen-bond acceptors (Lipinski definition) is 6. The van der Waals surface area contributed by atoms with Crippen molar-refractivity contribution in [3.05, 3.63) is 53.5 Å². The van der Waals surface area contributed by atoms with Crippen molar-refractivity contribution in [3.8, 4) is 11.8 Å². The van der Waals surface area contributed by atoms with Crippen molar-refractivity contribution in [1.82, 2.24) is 9.88 Å². The molecule has 2 aromatic rings. The van der Waals surface area contributed by atoms with Crippen LogP contribution >= 0.6 is 0 Å². The summed E-state index contributed by atoms with van der Waals surface area (Å²) in [5.41, 5.74) is 0.707. The molecule has 2 saturated heterocycles. The van der Waals surface area contributed by atoms with Crippen molar-refractivity contribution in [2.45, 2.75) is 43.9 Å². The Bertz CT molecular complexity index is 1100. The summed E-state index contributed by atoms with van der Waals surface area (Å²) in [4.78, 5) is 21.7. The van der Waals surface area contributed by atoms with Crippen molar-refractivity contribution in [2.24, 2.45) is 5.92 Å². The van der Waals surface area contributed by atoms with Gasteiger partial charge in [-0.25, -0.2) is 9.37 Å². The Hall–Kier alpha value is -3.18. The van der Waals surface area contributed by atoms with E-state index < -0.39 is 11.4 Å². The lowest BCUT2D eigenvalue weighted by Gasteiger charge is -2.42. The molecule has 2 unspecified atom stereocenters. The number of benzene rings is 1. The average Bonchev–Trinajstić information content (AvgIpc) is 3.59. The lowest BCUT2D eigenvalue weighted by Crippen LogP contribution is -2.57. The summed E-state index contributed by atoms with van der Waals surface area (Å²) in [6.45, 7) is 3.43. The number of methoxy groups -OCH3 is 1. The van der Waals surface area contributed by atoms with Gasteiger partial charge in [0.05, 0.1) is 24.3 Å². The molecule has 2 aliphatic heterocycles. The smallest absolute Gasteiger partial charge is 0.248 e. The van der Waals surface area contributed by atoms with E-state index in [2.05, 4.69) is 22.9 Å². The first-order valence-electron chi connectivity index (χ1n) is 11.3. The number of anilines is 1. The monoisotopic (exact) mass is 450 g/mol. The Morgan fingerprint density at radius 2 is 2.12 bits per heavy atom. The van der Waals surface area contributed by atoms with Crippen LogP contribution in [0.5, 0.6) is 5.75 Å². The average molecular weight is 451 g/mol. The van der Waals surface area contributed by atoms with E-state index in [0.29, 0.717) is 24.6 Å². The molecule has 0 spiro atoms. The molecule has 1 amide bonds. The summed E-state index contributed by atoms with van der Waals surface area (Å²) in [6, 6.07) is 11.0. The molecule has 1 aliphatic carbocycles. The van der Waals surface area contributed by atoms with Crippen LogP contribution in [0.25, 0.3) is 0 Å². The third kappa shape index (κ3) is 3.91. The maximum Gasteiger partial charge on any atom is 0.248 e. The van der Waals surface area contributed by atoms with E-state index in [0.717, 1.165) is 30.6 Å². The first kappa shape index (κ1) is 21.7. The Balaban J connectivity index is 1.24. The second-order valence-corrected chi connectivity index (χ2v) is 9.29. The molecular weight excluding hydrogens is 423 g/mol. The number of carbonyl (C=O) groups is 1.